The summed E-state index contributed by atoms with van der Waals surface area (Å²) in [5, 5.41) is 2.82. The fraction of sp³-hybridized carbons (Fsp3) is 0.529. The summed E-state index contributed by atoms with van der Waals surface area (Å²) in [4.78, 5) is 25.1. The van der Waals surface area contributed by atoms with E-state index in [1.165, 1.54) is 6.92 Å². The molecule has 23 heavy (non-hydrogen) atoms. The van der Waals surface area contributed by atoms with Crippen LogP contribution in [0.15, 0.2) is 18.2 Å². The molecule has 0 fully saturated rings. The molecule has 1 rings (SSSR count). The third-order valence-corrected chi connectivity index (χ3v) is 3.30. The molecule has 0 saturated heterocycles. The highest BCUT2D eigenvalue weighted by Crippen LogP contribution is 2.27. The first-order chi connectivity index (χ1) is 10.9. The first-order valence-corrected chi connectivity index (χ1v) is 7.60. The van der Waals surface area contributed by atoms with Crippen LogP contribution in [0.1, 0.15) is 26.3 Å². The highest BCUT2D eigenvalue weighted by atomic mass is 16.5. The van der Waals surface area contributed by atoms with E-state index in [0.717, 1.165) is 5.56 Å². The lowest BCUT2D eigenvalue weighted by Crippen LogP contribution is -2.41. The van der Waals surface area contributed by atoms with Gasteiger partial charge in [-0.25, -0.2) is 0 Å². The maximum atomic E-state index is 12.0. The number of benzene rings is 1. The Kier molecular flexibility index (Phi) is 7.38. The minimum Gasteiger partial charge on any atom is -0.493 e. The summed E-state index contributed by atoms with van der Waals surface area (Å²) in [5.41, 5.74) is 0.897. The normalized spacial score (nSPS) is 10.3. The summed E-state index contributed by atoms with van der Waals surface area (Å²) in [6.45, 7) is 6.51. The molecule has 1 aromatic rings. The average Bonchev–Trinajstić information content (AvgIpc) is 2.51. The standard InChI is InChI=1S/C17H26N2O4/c1-12(2)10-19(13(3)20)11-17(21)18-9-14-6-7-15(22-4)16(8-14)23-5/h6-8,12H,9-11H2,1-5H3,(H,18,21). The van der Waals surface area contributed by atoms with Crippen LogP contribution >= 0.6 is 0 Å². The fourth-order valence-corrected chi connectivity index (χ4v) is 2.17. The van der Waals surface area contributed by atoms with E-state index in [0.29, 0.717) is 30.5 Å². The van der Waals surface area contributed by atoms with Crippen LogP contribution < -0.4 is 14.8 Å². The summed E-state index contributed by atoms with van der Waals surface area (Å²) < 4.78 is 10.4. The van der Waals surface area contributed by atoms with Gasteiger partial charge in [-0.3, -0.25) is 9.59 Å². The molecule has 0 radical (unpaired) electrons. The van der Waals surface area contributed by atoms with Gasteiger partial charge in [0.15, 0.2) is 11.5 Å². The summed E-state index contributed by atoms with van der Waals surface area (Å²) >= 11 is 0. The lowest BCUT2D eigenvalue weighted by atomic mass is 10.2. The molecule has 0 aromatic heterocycles. The van der Waals surface area contributed by atoms with Gasteiger partial charge < -0.3 is 19.7 Å². The Balaban J connectivity index is 2.60. The second-order valence-corrected chi connectivity index (χ2v) is 5.76. The zero-order valence-corrected chi connectivity index (χ0v) is 14.5. The van der Waals surface area contributed by atoms with Crippen molar-refractivity contribution in [2.75, 3.05) is 27.3 Å². The molecule has 0 bridgehead atoms. The first kappa shape index (κ1) is 18.8. The molecular weight excluding hydrogens is 296 g/mol. The molecule has 0 heterocycles. The van der Waals surface area contributed by atoms with E-state index in [9.17, 15) is 9.59 Å². The van der Waals surface area contributed by atoms with Crippen molar-refractivity contribution >= 4 is 11.8 Å². The summed E-state index contributed by atoms with van der Waals surface area (Å²) in [6.07, 6.45) is 0. The van der Waals surface area contributed by atoms with Gasteiger partial charge in [0.25, 0.3) is 0 Å². The van der Waals surface area contributed by atoms with Gasteiger partial charge in [-0.1, -0.05) is 19.9 Å². The third kappa shape index (κ3) is 6.18. The van der Waals surface area contributed by atoms with Crippen LogP contribution in [0.5, 0.6) is 11.5 Å². The molecule has 128 valence electrons. The zero-order valence-electron chi connectivity index (χ0n) is 14.5. The molecule has 0 saturated carbocycles. The van der Waals surface area contributed by atoms with Gasteiger partial charge in [-0.05, 0) is 23.6 Å². The van der Waals surface area contributed by atoms with Crippen molar-refractivity contribution in [2.24, 2.45) is 5.92 Å². The maximum Gasteiger partial charge on any atom is 0.239 e. The van der Waals surface area contributed by atoms with Crippen molar-refractivity contribution in [3.63, 3.8) is 0 Å². The number of hydrogen-bond donors (Lipinski definition) is 1. The summed E-state index contributed by atoms with van der Waals surface area (Å²) in [5.74, 6) is 1.29. The predicted octanol–water partition coefficient (Wildman–Crippen LogP) is 1.82. The molecule has 0 spiro atoms. The molecule has 6 heteroatoms. The van der Waals surface area contributed by atoms with Crippen LogP contribution in [0.25, 0.3) is 0 Å². The third-order valence-electron chi connectivity index (χ3n) is 3.30. The van der Waals surface area contributed by atoms with Gasteiger partial charge in [0, 0.05) is 20.0 Å². The molecule has 6 nitrogen and oxygen atoms in total. The largest absolute Gasteiger partial charge is 0.493 e. The summed E-state index contributed by atoms with van der Waals surface area (Å²) in [7, 11) is 3.14. The topological polar surface area (TPSA) is 67.9 Å². The van der Waals surface area contributed by atoms with Crippen molar-refractivity contribution in [2.45, 2.75) is 27.3 Å². The Morgan fingerprint density at radius 1 is 1.17 bits per heavy atom. The number of hydrogen-bond acceptors (Lipinski definition) is 4. The predicted molar refractivity (Wildman–Crippen MR) is 88.5 cm³/mol. The zero-order chi connectivity index (χ0) is 17.4. The van der Waals surface area contributed by atoms with Gasteiger partial charge in [0.2, 0.25) is 11.8 Å². The minimum atomic E-state index is -0.185. The molecule has 0 unspecified atom stereocenters. The number of ether oxygens (including phenoxy) is 2. The van der Waals surface area contributed by atoms with E-state index in [-0.39, 0.29) is 18.4 Å². The minimum absolute atomic E-state index is 0.0702. The Labute approximate surface area is 137 Å². The van der Waals surface area contributed by atoms with E-state index >= 15 is 0 Å². The average molecular weight is 322 g/mol. The smallest absolute Gasteiger partial charge is 0.239 e. The van der Waals surface area contributed by atoms with E-state index in [1.807, 2.05) is 26.0 Å². The number of rotatable bonds is 8. The fourth-order valence-electron chi connectivity index (χ4n) is 2.17. The van der Waals surface area contributed by atoms with Gasteiger partial charge >= 0.3 is 0 Å². The van der Waals surface area contributed by atoms with Gasteiger partial charge in [0.1, 0.15) is 0 Å². The molecule has 1 aromatic carbocycles. The number of carbonyl (C=O) groups excluding carboxylic acids is 2. The Hall–Kier alpha value is -2.24. The van der Waals surface area contributed by atoms with Gasteiger partial charge in [0.05, 0.1) is 20.8 Å². The van der Waals surface area contributed by atoms with Crippen molar-refractivity contribution in [1.29, 1.82) is 0 Å². The SMILES string of the molecule is COc1ccc(CNC(=O)CN(CC(C)C)C(C)=O)cc1OC. The molecule has 0 atom stereocenters. The highest BCUT2D eigenvalue weighted by Gasteiger charge is 2.15. The van der Waals surface area contributed by atoms with Crippen molar-refractivity contribution in [3.05, 3.63) is 23.8 Å². The number of methoxy groups -OCH3 is 2. The lowest BCUT2D eigenvalue weighted by molar-refractivity contribution is -0.134. The Bertz CT molecular complexity index is 543. The van der Waals surface area contributed by atoms with E-state index in [2.05, 4.69) is 5.32 Å². The van der Waals surface area contributed by atoms with Crippen LogP contribution in [-0.2, 0) is 16.1 Å². The molecule has 2 amide bonds. The van der Waals surface area contributed by atoms with Crippen molar-refractivity contribution < 1.29 is 19.1 Å². The number of nitrogens with one attached hydrogen (secondary N) is 1. The number of carbonyl (C=O) groups is 2. The maximum absolute atomic E-state index is 12.0. The first-order valence-electron chi connectivity index (χ1n) is 7.60. The van der Waals surface area contributed by atoms with Gasteiger partial charge in [-0.15, -0.1) is 0 Å². The van der Waals surface area contributed by atoms with E-state index in [4.69, 9.17) is 9.47 Å². The second-order valence-electron chi connectivity index (χ2n) is 5.76. The van der Waals surface area contributed by atoms with Crippen LogP contribution in [0.3, 0.4) is 0 Å². The van der Waals surface area contributed by atoms with Crippen molar-refractivity contribution in [3.8, 4) is 11.5 Å². The Morgan fingerprint density at radius 2 is 1.83 bits per heavy atom. The molecule has 0 aliphatic carbocycles. The van der Waals surface area contributed by atoms with Crippen molar-refractivity contribution in [1.82, 2.24) is 10.2 Å². The number of nitrogens with zero attached hydrogens (tertiary/aromatic N) is 1. The molecule has 1 N–H and O–H groups in total. The van der Waals surface area contributed by atoms with Crippen LogP contribution in [0, 0.1) is 5.92 Å². The number of amides is 2. The highest BCUT2D eigenvalue weighted by molar-refractivity contribution is 5.83. The van der Waals surface area contributed by atoms with E-state index in [1.54, 1.807) is 25.2 Å². The quantitative estimate of drug-likeness (QED) is 0.793. The molecular formula is C17H26N2O4. The van der Waals surface area contributed by atoms with Crippen LogP contribution in [-0.4, -0.2) is 44.0 Å². The summed E-state index contributed by atoms with van der Waals surface area (Å²) in [6, 6.07) is 5.47. The lowest BCUT2D eigenvalue weighted by Gasteiger charge is -2.22. The van der Waals surface area contributed by atoms with Crippen LogP contribution in [0.4, 0.5) is 0 Å². The second kappa shape index (κ2) is 9.02. The van der Waals surface area contributed by atoms with Gasteiger partial charge in [-0.2, -0.15) is 0 Å². The van der Waals surface area contributed by atoms with Crippen LogP contribution in [0.2, 0.25) is 0 Å². The molecule has 0 aliphatic heterocycles. The van der Waals surface area contributed by atoms with E-state index < -0.39 is 0 Å². The molecule has 0 aliphatic rings. The Morgan fingerprint density at radius 3 is 2.35 bits per heavy atom. The monoisotopic (exact) mass is 322 g/mol.